The quantitative estimate of drug-likeness (QED) is 0.404. The average Bonchev–Trinajstić information content (AvgIpc) is 3.32. The number of nitrogens with zero attached hydrogens (tertiary/aromatic N) is 4. The number of ether oxygens (including phenoxy) is 2. The zero-order chi connectivity index (χ0) is 29.6. The summed E-state index contributed by atoms with van der Waals surface area (Å²) in [5.41, 5.74) is 0.632. The second-order valence-corrected chi connectivity index (χ2v) is 12.1. The Kier molecular flexibility index (Phi) is 7.53. The van der Waals surface area contributed by atoms with E-state index in [1.54, 1.807) is 31.6 Å². The molecule has 1 amide bonds. The number of benzene rings is 1. The number of nitrogens with one attached hydrogen (secondary N) is 1. The Morgan fingerprint density at radius 3 is 2.74 bits per heavy atom. The van der Waals surface area contributed by atoms with E-state index in [4.69, 9.17) is 14.5 Å². The lowest BCUT2D eigenvalue weighted by molar-refractivity contribution is -0.0851. The topological polar surface area (TPSA) is 102 Å². The molecule has 11 heteroatoms. The molecule has 224 valence electrons. The largest absolute Gasteiger partial charge is 0.438 e. The smallest absolute Gasteiger partial charge is 0.413 e. The first-order valence-electron chi connectivity index (χ1n) is 14.5. The normalized spacial score (nSPS) is 23.0. The van der Waals surface area contributed by atoms with Crippen LogP contribution in [0, 0.1) is 11.6 Å². The van der Waals surface area contributed by atoms with Gasteiger partial charge in [0, 0.05) is 63.2 Å². The summed E-state index contributed by atoms with van der Waals surface area (Å²) in [7, 11) is 1.64. The van der Waals surface area contributed by atoms with Gasteiger partial charge in [-0.05, 0) is 56.9 Å². The van der Waals surface area contributed by atoms with Gasteiger partial charge in [-0.3, -0.25) is 10.2 Å². The molecule has 1 unspecified atom stereocenters. The van der Waals surface area contributed by atoms with Crippen LogP contribution in [0.25, 0.3) is 0 Å². The molecule has 3 aliphatic heterocycles. The minimum atomic E-state index is -0.854. The van der Waals surface area contributed by atoms with Crippen molar-refractivity contribution >= 4 is 11.9 Å². The molecular formula is C31H37F2N5O4. The molecule has 6 rings (SSSR count). The highest BCUT2D eigenvalue weighted by atomic mass is 19.2. The average molecular weight is 582 g/mol. The Bertz CT molecular complexity index is 1470. The number of pyridine rings is 1. The Morgan fingerprint density at radius 2 is 1.98 bits per heavy atom. The summed E-state index contributed by atoms with van der Waals surface area (Å²) in [5, 5.41) is 14.2. The van der Waals surface area contributed by atoms with E-state index < -0.39 is 35.2 Å². The first-order valence-corrected chi connectivity index (χ1v) is 14.5. The first kappa shape index (κ1) is 28.7. The number of piperidine rings is 1. The van der Waals surface area contributed by atoms with Crippen molar-refractivity contribution in [2.75, 3.05) is 25.5 Å². The van der Waals surface area contributed by atoms with E-state index in [0.29, 0.717) is 63.1 Å². The lowest BCUT2D eigenvalue weighted by Crippen LogP contribution is -2.51. The van der Waals surface area contributed by atoms with Gasteiger partial charge in [0.15, 0.2) is 11.6 Å². The van der Waals surface area contributed by atoms with Crippen LogP contribution in [-0.4, -0.2) is 57.1 Å². The fraction of sp³-hybridized carbons (Fsp3) is 0.516. The van der Waals surface area contributed by atoms with Gasteiger partial charge >= 0.3 is 6.09 Å². The second kappa shape index (κ2) is 11.0. The Morgan fingerprint density at radius 1 is 1.19 bits per heavy atom. The van der Waals surface area contributed by atoms with E-state index in [-0.39, 0.29) is 11.8 Å². The maximum absolute atomic E-state index is 14.9. The highest BCUT2D eigenvalue weighted by Gasteiger charge is 2.46. The predicted molar refractivity (Wildman–Crippen MR) is 151 cm³/mol. The summed E-state index contributed by atoms with van der Waals surface area (Å²) < 4.78 is 42.8. The van der Waals surface area contributed by atoms with Crippen molar-refractivity contribution in [1.82, 2.24) is 19.4 Å². The standard InChI is InChI=1S/C31H37F2N5O4/c1-30(2,41-3)24-17-35-28-19(9-10-20(18-38(24)28)21-6-4-8-23(32)26(21)33)16-25(39)37-14-11-31(12-15-37)22-7-5-13-34-27(22)36-29(40)42-31/h4-8,13,17,19-20,25,39H,9-12,14-16,18H2,1-3H3,(H,34,36,40)/t19-,20+,25?/m0/s1. The molecule has 2 aromatic heterocycles. The monoisotopic (exact) mass is 581 g/mol. The molecular weight excluding hydrogens is 544 g/mol. The molecule has 0 saturated carbocycles. The van der Waals surface area contributed by atoms with E-state index in [0.717, 1.165) is 23.1 Å². The Balaban J connectivity index is 1.23. The summed E-state index contributed by atoms with van der Waals surface area (Å²) in [6, 6.07) is 8.10. The number of amides is 1. The number of hydrogen-bond acceptors (Lipinski definition) is 7. The van der Waals surface area contributed by atoms with Crippen molar-refractivity contribution < 1.29 is 28.2 Å². The summed E-state index contributed by atoms with van der Waals surface area (Å²) >= 11 is 0. The van der Waals surface area contributed by atoms with Crippen molar-refractivity contribution in [2.24, 2.45) is 0 Å². The number of fused-ring (bicyclic) bond motifs is 3. The van der Waals surface area contributed by atoms with E-state index >= 15 is 0 Å². The van der Waals surface area contributed by atoms with Gasteiger partial charge in [0.1, 0.15) is 29.1 Å². The maximum atomic E-state index is 14.9. The molecule has 3 aliphatic rings. The van der Waals surface area contributed by atoms with Crippen molar-refractivity contribution in [3.05, 3.63) is 77.0 Å². The number of likely N-dealkylation sites (tertiary alicyclic amines) is 1. The molecule has 1 fully saturated rings. The van der Waals surface area contributed by atoms with Crippen LogP contribution in [-0.2, 0) is 27.2 Å². The second-order valence-electron chi connectivity index (χ2n) is 12.1. The van der Waals surface area contributed by atoms with Gasteiger partial charge in [-0.2, -0.15) is 0 Å². The van der Waals surface area contributed by atoms with Crippen LogP contribution in [0.2, 0.25) is 0 Å². The third-order valence-electron chi connectivity index (χ3n) is 9.40. The number of hydrogen-bond donors (Lipinski definition) is 2. The van der Waals surface area contributed by atoms with E-state index in [2.05, 4.69) is 14.9 Å². The van der Waals surface area contributed by atoms with Crippen molar-refractivity contribution in [2.45, 2.75) is 81.8 Å². The number of aliphatic hydroxyl groups excluding tert-OH is 1. The highest BCUT2D eigenvalue weighted by molar-refractivity contribution is 5.87. The van der Waals surface area contributed by atoms with Crippen LogP contribution in [0.4, 0.5) is 19.4 Å². The van der Waals surface area contributed by atoms with Crippen LogP contribution in [0.1, 0.15) is 80.4 Å². The zero-order valence-corrected chi connectivity index (χ0v) is 24.1. The van der Waals surface area contributed by atoms with E-state index in [1.165, 1.54) is 0 Å². The maximum Gasteiger partial charge on any atom is 0.413 e. The predicted octanol–water partition coefficient (Wildman–Crippen LogP) is 5.36. The SMILES string of the molecule is COC(C)(C)c1cnc2n1C[C@H](c1cccc(F)c1F)CC[C@H]2CC(O)N1CCC2(CC1)OC(=O)Nc1ncccc12. The number of carbonyl (C=O) groups is 1. The summed E-state index contributed by atoms with van der Waals surface area (Å²) in [6.45, 7) is 5.40. The van der Waals surface area contributed by atoms with Crippen LogP contribution in [0.5, 0.6) is 0 Å². The molecule has 0 aliphatic carbocycles. The van der Waals surface area contributed by atoms with E-state index in [1.807, 2.05) is 30.9 Å². The third-order valence-corrected chi connectivity index (χ3v) is 9.40. The molecule has 2 N–H and O–H groups in total. The van der Waals surface area contributed by atoms with Gasteiger partial charge in [0.25, 0.3) is 0 Å². The van der Waals surface area contributed by atoms with Gasteiger partial charge in [-0.15, -0.1) is 0 Å². The number of anilines is 1. The van der Waals surface area contributed by atoms with Gasteiger partial charge < -0.3 is 19.1 Å². The van der Waals surface area contributed by atoms with Crippen LogP contribution in [0.3, 0.4) is 0 Å². The number of carbonyl (C=O) groups excluding carboxylic acids is 1. The minimum absolute atomic E-state index is 0.111. The van der Waals surface area contributed by atoms with Crippen LogP contribution in [0.15, 0.2) is 42.7 Å². The molecule has 42 heavy (non-hydrogen) atoms. The number of methoxy groups -OCH3 is 1. The molecule has 9 nitrogen and oxygen atoms in total. The number of rotatable bonds is 6. The fourth-order valence-corrected chi connectivity index (χ4v) is 6.83. The van der Waals surface area contributed by atoms with Crippen molar-refractivity contribution in [1.29, 1.82) is 0 Å². The van der Waals surface area contributed by atoms with Gasteiger partial charge in [-0.1, -0.05) is 12.1 Å². The van der Waals surface area contributed by atoms with Crippen LogP contribution < -0.4 is 5.32 Å². The molecule has 1 aromatic carbocycles. The number of imidazole rings is 1. The molecule has 5 heterocycles. The molecule has 3 aromatic rings. The molecule has 1 saturated heterocycles. The summed E-state index contributed by atoms with van der Waals surface area (Å²) in [5.74, 6) is -0.706. The third kappa shape index (κ3) is 5.07. The number of halogens is 2. The van der Waals surface area contributed by atoms with Gasteiger partial charge in [-0.25, -0.2) is 23.5 Å². The number of aromatic nitrogens is 3. The summed E-state index contributed by atoms with van der Waals surface area (Å²) in [4.78, 5) is 23.4. The molecule has 0 bridgehead atoms. The number of aliphatic hydroxyl groups is 1. The van der Waals surface area contributed by atoms with Gasteiger partial charge in [0.05, 0.1) is 11.9 Å². The van der Waals surface area contributed by atoms with E-state index in [9.17, 15) is 18.7 Å². The molecule has 3 atom stereocenters. The summed E-state index contributed by atoms with van der Waals surface area (Å²) in [6.07, 6.45) is 4.92. The first-order chi connectivity index (χ1) is 20.1. The van der Waals surface area contributed by atoms with Crippen LogP contribution >= 0.6 is 0 Å². The Labute approximate surface area is 243 Å². The van der Waals surface area contributed by atoms with Crippen molar-refractivity contribution in [3.8, 4) is 0 Å². The lowest BCUT2D eigenvalue weighted by Gasteiger charge is -2.45. The lowest BCUT2D eigenvalue weighted by atomic mass is 9.83. The van der Waals surface area contributed by atoms with Gasteiger partial charge in [0.2, 0.25) is 0 Å². The minimum Gasteiger partial charge on any atom is -0.438 e. The highest BCUT2D eigenvalue weighted by Crippen LogP contribution is 2.44. The van der Waals surface area contributed by atoms with Crippen molar-refractivity contribution in [3.63, 3.8) is 0 Å². The molecule has 1 spiro atoms. The fourth-order valence-electron chi connectivity index (χ4n) is 6.83. The Hall–Kier alpha value is -3.41. The zero-order valence-electron chi connectivity index (χ0n) is 24.1. The molecule has 0 radical (unpaired) electrons.